The molecule has 1 heterocycles. The molecular weight excluding hydrogens is 329 g/mol. The third-order valence-electron chi connectivity index (χ3n) is 5.49. The molecule has 0 unspecified atom stereocenters. The van der Waals surface area contributed by atoms with Crippen LogP contribution in [0.25, 0.3) is 11.0 Å². The summed E-state index contributed by atoms with van der Waals surface area (Å²) in [4.78, 5) is 17.4. The summed E-state index contributed by atoms with van der Waals surface area (Å²) >= 11 is 0. The summed E-state index contributed by atoms with van der Waals surface area (Å²) in [5, 5.41) is 3.06. The van der Waals surface area contributed by atoms with Crippen molar-refractivity contribution < 1.29 is 9.18 Å². The molecule has 0 spiro atoms. The summed E-state index contributed by atoms with van der Waals surface area (Å²) in [5.74, 6) is 0.641. The minimum Gasteiger partial charge on any atom is -0.354 e. The van der Waals surface area contributed by atoms with Crippen LogP contribution in [-0.2, 0) is 16.8 Å². The molecule has 1 saturated carbocycles. The molecule has 0 saturated heterocycles. The standard InChI is InChI=1S/C21H22FN3O/c1-15-24-18-8-2-3-9-19(18)25(15)13-12-23-20(26)21(10-5-11-21)16-6-4-7-17(22)14-16/h2-4,6-9,14H,5,10-13H2,1H3,(H,23,26). The summed E-state index contributed by atoms with van der Waals surface area (Å²) in [7, 11) is 0. The lowest BCUT2D eigenvalue weighted by molar-refractivity contribution is -0.129. The zero-order valence-electron chi connectivity index (χ0n) is 14.8. The first kappa shape index (κ1) is 16.8. The van der Waals surface area contributed by atoms with Crippen LogP contribution in [-0.4, -0.2) is 22.0 Å². The third kappa shape index (κ3) is 2.77. The molecule has 1 aliphatic carbocycles. The molecule has 4 nitrogen and oxygen atoms in total. The number of fused-ring (bicyclic) bond motifs is 1. The van der Waals surface area contributed by atoms with Crippen molar-refractivity contribution in [3.05, 3.63) is 65.7 Å². The maximum absolute atomic E-state index is 13.6. The van der Waals surface area contributed by atoms with Crippen LogP contribution in [0.4, 0.5) is 4.39 Å². The fourth-order valence-electron chi connectivity index (χ4n) is 3.89. The average Bonchev–Trinajstić information content (AvgIpc) is 2.90. The third-order valence-corrected chi connectivity index (χ3v) is 5.49. The zero-order chi connectivity index (χ0) is 18.1. The molecule has 1 fully saturated rings. The molecule has 1 aromatic heterocycles. The largest absolute Gasteiger partial charge is 0.354 e. The van der Waals surface area contributed by atoms with Gasteiger partial charge in [-0.1, -0.05) is 30.7 Å². The Morgan fingerprint density at radius 2 is 2.04 bits per heavy atom. The summed E-state index contributed by atoms with van der Waals surface area (Å²) in [5.41, 5.74) is 2.24. The van der Waals surface area contributed by atoms with Crippen LogP contribution >= 0.6 is 0 Å². The number of carbonyl (C=O) groups is 1. The molecule has 0 radical (unpaired) electrons. The lowest BCUT2D eigenvalue weighted by Gasteiger charge is -2.40. The number of halogens is 1. The second-order valence-corrected chi connectivity index (χ2v) is 7.00. The molecule has 3 aromatic rings. The summed E-state index contributed by atoms with van der Waals surface area (Å²) in [6.07, 6.45) is 2.54. The van der Waals surface area contributed by atoms with E-state index in [1.165, 1.54) is 12.1 Å². The van der Waals surface area contributed by atoms with Crippen LogP contribution in [0.5, 0.6) is 0 Å². The highest BCUT2D eigenvalue weighted by atomic mass is 19.1. The number of carbonyl (C=O) groups excluding carboxylic acids is 1. The second-order valence-electron chi connectivity index (χ2n) is 7.00. The molecule has 5 heteroatoms. The molecule has 0 atom stereocenters. The van der Waals surface area contributed by atoms with Crippen LogP contribution in [0.1, 0.15) is 30.7 Å². The van der Waals surface area contributed by atoms with Crippen molar-refractivity contribution in [3.8, 4) is 0 Å². The van der Waals surface area contributed by atoms with Gasteiger partial charge in [-0.25, -0.2) is 9.37 Å². The number of aryl methyl sites for hydroxylation is 1. The fraction of sp³-hybridized carbons (Fsp3) is 0.333. The Morgan fingerprint density at radius 3 is 2.77 bits per heavy atom. The van der Waals surface area contributed by atoms with Crippen molar-refractivity contribution in [3.63, 3.8) is 0 Å². The van der Waals surface area contributed by atoms with Gasteiger partial charge in [0.15, 0.2) is 0 Å². The molecular formula is C21H22FN3O. The second kappa shape index (κ2) is 6.56. The topological polar surface area (TPSA) is 46.9 Å². The van der Waals surface area contributed by atoms with Crippen LogP contribution in [0, 0.1) is 12.7 Å². The van der Waals surface area contributed by atoms with Gasteiger partial charge in [0.05, 0.1) is 16.4 Å². The average molecular weight is 351 g/mol. The minimum atomic E-state index is -0.575. The van der Waals surface area contributed by atoms with E-state index in [-0.39, 0.29) is 11.7 Å². The monoisotopic (exact) mass is 351 g/mol. The van der Waals surface area contributed by atoms with E-state index in [2.05, 4.69) is 14.9 Å². The van der Waals surface area contributed by atoms with Crippen LogP contribution < -0.4 is 5.32 Å². The van der Waals surface area contributed by atoms with Gasteiger partial charge in [0.2, 0.25) is 5.91 Å². The summed E-state index contributed by atoms with van der Waals surface area (Å²) < 4.78 is 15.7. The van der Waals surface area contributed by atoms with Crippen molar-refractivity contribution in [1.29, 1.82) is 0 Å². The van der Waals surface area contributed by atoms with Gasteiger partial charge in [-0.3, -0.25) is 4.79 Å². The van der Waals surface area contributed by atoms with Crippen molar-refractivity contribution in [1.82, 2.24) is 14.9 Å². The minimum absolute atomic E-state index is 0.00331. The molecule has 1 amide bonds. The van der Waals surface area contributed by atoms with Gasteiger partial charge in [-0.15, -0.1) is 0 Å². The lowest BCUT2D eigenvalue weighted by Crippen LogP contribution is -2.49. The van der Waals surface area contributed by atoms with E-state index in [0.717, 1.165) is 41.7 Å². The Hall–Kier alpha value is -2.69. The molecule has 134 valence electrons. The van der Waals surface area contributed by atoms with E-state index in [0.29, 0.717) is 13.1 Å². The predicted molar refractivity (Wildman–Crippen MR) is 99.4 cm³/mol. The van der Waals surface area contributed by atoms with Gasteiger partial charge in [0.25, 0.3) is 0 Å². The van der Waals surface area contributed by atoms with Crippen molar-refractivity contribution in [2.24, 2.45) is 0 Å². The number of aromatic nitrogens is 2. The number of hydrogen-bond donors (Lipinski definition) is 1. The van der Waals surface area contributed by atoms with Crippen LogP contribution in [0.15, 0.2) is 48.5 Å². The van der Waals surface area contributed by atoms with E-state index in [4.69, 9.17) is 0 Å². The summed E-state index contributed by atoms with van der Waals surface area (Å²) in [6.45, 7) is 3.16. The Balaban J connectivity index is 1.47. The zero-order valence-corrected chi connectivity index (χ0v) is 14.8. The molecule has 4 rings (SSSR count). The number of imidazole rings is 1. The number of nitrogens with zero attached hydrogens (tertiary/aromatic N) is 2. The summed E-state index contributed by atoms with van der Waals surface area (Å²) in [6, 6.07) is 14.4. The quantitative estimate of drug-likeness (QED) is 0.761. The van der Waals surface area contributed by atoms with Crippen molar-refractivity contribution in [2.45, 2.75) is 38.1 Å². The normalized spacial score (nSPS) is 15.6. The number of amides is 1. The number of hydrogen-bond acceptors (Lipinski definition) is 2. The number of benzene rings is 2. The van der Waals surface area contributed by atoms with E-state index in [9.17, 15) is 9.18 Å². The fourth-order valence-corrected chi connectivity index (χ4v) is 3.89. The first-order valence-electron chi connectivity index (χ1n) is 9.06. The Labute approximate surface area is 152 Å². The molecule has 1 aliphatic rings. The van der Waals surface area contributed by atoms with E-state index >= 15 is 0 Å². The highest BCUT2D eigenvalue weighted by Gasteiger charge is 2.45. The van der Waals surface area contributed by atoms with Gasteiger partial charge in [0.1, 0.15) is 11.6 Å². The highest BCUT2D eigenvalue weighted by molar-refractivity contribution is 5.89. The predicted octanol–water partition coefficient (Wildman–Crippen LogP) is 3.72. The van der Waals surface area contributed by atoms with Crippen LogP contribution in [0.2, 0.25) is 0 Å². The first-order valence-corrected chi connectivity index (χ1v) is 9.06. The Morgan fingerprint density at radius 1 is 1.23 bits per heavy atom. The Kier molecular flexibility index (Phi) is 4.23. The number of rotatable bonds is 5. The number of para-hydroxylation sites is 2. The first-order chi connectivity index (χ1) is 12.6. The maximum Gasteiger partial charge on any atom is 0.230 e. The smallest absolute Gasteiger partial charge is 0.230 e. The van der Waals surface area contributed by atoms with Gasteiger partial charge in [0, 0.05) is 13.1 Å². The van der Waals surface area contributed by atoms with Crippen LogP contribution in [0.3, 0.4) is 0 Å². The molecule has 0 aliphatic heterocycles. The van der Waals surface area contributed by atoms with E-state index in [1.807, 2.05) is 37.3 Å². The van der Waals surface area contributed by atoms with Gasteiger partial charge < -0.3 is 9.88 Å². The molecule has 0 bridgehead atoms. The molecule has 1 N–H and O–H groups in total. The Bertz CT molecular complexity index is 959. The molecule has 26 heavy (non-hydrogen) atoms. The lowest BCUT2D eigenvalue weighted by atomic mass is 9.64. The maximum atomic E-state index is 13.6. The molecule has 2 aromatic carbocycles. The van der Waals surface area contributed by atoms with Gasteiger partial charge in [-0.05, 0) is 49.6 Å². The van der Waals surface area contributed by atoms with Gasteiger partial charge in [-0.2, -0.15) is 0 Å². The van der Waals surface area contributed by atoms with Crippen molar-refractivity contribution in [2.75, 3.05) is 6.54 Å². The SMILES string of the molecule is Cc1nc2ccccc2n1CCNC(=O)C1(c2cccc(F)c2)CCC1. The van der Waals surface area contributed by atoms with E-state index < -0.39 is 5.41 Å². The van der Waals surface area contributed by atoms with Gasteiger partial charge >= 0.3 is 0 Å². The highest BCUT2D eigenvalue weighted by Crippen LogP contribution is 2.44. The van der Waals surface area contributed by atoms with E-state index in [1.54, 1.807) is 6.07 Å². The number of nitrogens with one attached hydrogen (secondary N) is 1. The van der Waals surface area contributed by atoms with Crippen molar-refractivity contribution >= 4 is 16.9 Å².